The number of amides is 2. The highest BCUT2D eigenvalue weighted by molar-refractivity contribution is 7.90. The summed E-state index contributed by atoms with van der Waals surface area (Å²) < 4.78 is 53.7. The normalized spacial score (nSPS) is 13.9. The summed E-state index contributed by atoms with van der Waals surface area (Å²) in [6.45, 7) is 21.5. The molecule has 0 aliphatic rings. The summed E-state index contributed by atoms with van der Waals surface area (Å²) >= 11 is 0. The van der Waals surface area contributed by atoms with Crippen molar-refractivity contribution in [1.82, 2.24) is 10.0 Å². The zero-order valence-electron chi connectivity index (χ0n) is 30.5. The minimum Gasteiger partial charge on any atom is -0.444 e. The van der Waals surface area contributed by atoms with Gasteiger partial charge < -0.3 is 24.6 Å². The third-order valence-electron chi connectivity index (χ3n) is 6.91. The molecule has 13 nitrogen and oxygen atoms in total. The first-order valence-corrected chi connectivity index (χ1v) is 19.3. The molecule has 1 atom stereocenters. The van der Waals surface area contributed by atoms with Gasteiger partial charge in [-0.2, -0.15) is 4.72 Å². The van der Waals surface area contributed by atoms with Gasteiger partial charge in [-0.3, -0.25) is 9.88 Å². The molecule has 274 valence electrons. The summed E-state index contributed by atoms with van der Waals surface area (Å²) in [5.41, 5.74) is 1.09. The third kappa shape index (κ3) is 13.2. The molecule has 0 bridgehead atoms. The summed E-state index contributed by atoms with van der Waals surface area (Å²) in [6.07, 6.45) is -2.19. The predicted octanol–water partition coefficient (Wildman–Crippen LogP) is 7.31. The first-order chi connectivity index (χ1) is 22.2. The smallest absolute Gasteiger partial charge is 0.437 e. The molecule has 0 aliphatic carbocycles. The number of sulfonamides is 1. The highest BCUT2D eigenvalue weighted by Gasteiger charge is 2.36. The molecule has 0 aromatic heterocycles. The molecule has 0 aliphatic heterocycles. The fourth-order valence-electron chi connectivity index (χ4n) is 4.90. The van der Waals surface area contributed by atoms with E-state index < -0.39 is 46.8 Å². The Kier molecular flexibility index (Phi) is 13.8. The van der Waals surface area contributed by atoms with E-state index in [1.54, 1.807) is 47.6 Å². The summed E-state index contributed by atoms with van der Waals surface area (Å²) in [4.78, 5) is 49.3. The van der Waals surface area contributed by atoms with Crippen LogP contribution in [0.1, 0.15) is 123 Å². The third-order valence-corrected chi connectivity index (χ3v) is 9.80. The molecule has 5 N–H and O–H groups in total. The van der Waals surface area contributed by atoms with E-state index in [9.17, 15) is 32.4 Å². The number of carbonyl (C=O) groups is 2. The molecule has 2 aromatic carbocycles. The average Bonchev–Trinajstić information content (AvgIpc) is 2.89. The van der Waals surface area contributed by atoms with Crippen LogP contribution >= 0.6 is 7.60 Å². The fraction of sp³-hybridized carbons (Fsp3) is 0.559. The highest BCUT2D eigenvalue weighted by atomic mass is 32.2. The number of ether oxygens (including phenoxy) is 2. The van der Waals surface area contributed by atoms with E-state index in [-0.39, 0.29) is 35.0 Å². The van der Waals surface area contributed by atoms with Gasteiger partial charge in [0.2, 0.25) is 16.0 Å². The minimum atomic E-state index is -5.01. The van der Waals surface area contributed by atoms with E-state index in [1.165, 1.54) is 24.3 Å². The van der Waals surface area contributed by atoms with Crippen LogP contribution in [0.3, 0.4) is 0 Å². The monoisotopic (exact) mass is 724 g/mol. The maximum Gasteiger partial charge on any atom is 0.437 e. The molecular formula is C34H53N4O9PS. The van der Waals surface area contributed by atoms with Gasteiger partial charge in [-0.1, -0.05) is 65.8 Å². The summed E-state index contributed by atoms with van der Waals surface area (Å²) in [7, 11) is -9.42. The molecule has 2 amide bonds. The number of hydrogen-bond donors (Lipinski definition) is 5. The molecule has 2 aromatic rings. The van der Waals surface area contributed by atoms with E-state index in [2.05, 4.69) is 20.3 Å². The van der Waals surface area contributed by atoms with Gasteiger partial charge in [-0.05, 0) is 93.7 Å². The topological polar surface area (TPSA) is 193 Å². The van der Waals surface area contributed by atoms with Crippen LogP contribution in [0, 0.1) is 0 Å². The molecule has 0 heterocycles. The van der Waals surface area contributed by atoms with Gasteiger partial charge in [0.05, 0.1) is 4.90 Å². The second kappa shape index (κ2) is 16.2. The Balaban J connectivity index is 2.45. The van der Waals surface area contributed by atoms with Crippen LogP contribution in [0.25, 0.3) is 0 Å². The number of aliphatic imine (C=N–C) groups is 1. The lowest BCUT2D eigenvalue weighted by Crippen LogP contribution is -2.40. The fourth-order valence-corrected chi connectivity index (χ4v) is 8.13. The number of anilines is 1. The Labute approximate surface area is 290 Å². The largest absolute Gasteiger partial charge is 0.444 e. The van der Waals surface area contributed by atoms with Crippen LogP contribution < -0.4 is 15.4 Å². The molecule has 0 fully saturated rings. The lowest BCUT2D eigenvalue weighted by Gasteiger charge is -2.27. The zero-order chi connectivity index (χ0) is 37.7. The Bertz CT molecular complexity index is 1670. The Morgan fingerprint density at radius 2 is 1.33 bits per heavy atom. The van der Waals surface area contributed by atoms with Crippen molar-refractivity contribution in [3.8, 4) is 0 Å². The second-order valence-electron chi connectivity index (χ2n) is 14.8. The van der Waals surface area contributed by atoms with Gasteiger partial charge in [0.1, 0.15) is 17.0 Å². The van der Waals surface area contributed by atoms with Crippen molar-refractivity contribution in [2.75, 3.05) is 5.32 Å². The van der Waals surface area contributed by atoms with Crippen LogP contribution in [0.5, 0.6) is 0 Å². The van der Waals surface area contributed by atoms with Crippen molar-refractivity contribution in [2.24, 2.45) is 4.99 Å². The van der Waals surface area contributed by atoms with Crippen LogP contribution in [-0.2, 0) is 30.5 Å². The summed E-state index contributed by atoms with van der Waals surface area (Å²) in [5, 5.41) is 5.18. The number of guanidine groups is 1. The molecular weight excluding hydrogens is 671 g/mol. The van der Waals surface area contributed by atoms with E-state index in [0.717, 1.165) is 5.56 Å². The van der Waals surface area contributed by atoms with Gasteiger partial charge >= 0.3 is 19.8 Å². The first kappa shape index (κ1) is 41.9. The van der Waals surface area contributed by atoms with Crippen LogP contribution in [0.2, 0.25) is 0 Å². The lowest BCUT2D eigenvalue weighted by molar-refractivity contribution is 0.0562. The lowest BCUT2D eigenvalue weighted by atomic mass is 9.87. The molecule has 1 unspecified atom stereocenters. The van der Waals surface area contributed by atoms with Crippen molar-refractivity contribution < 1.29 is 41.8 Å². The average molecular weight is 725 g/mol. The molecule has 0 radical (unpaired) electrons. The number of benzene rings is 2. The predicted molar refractivity (Wildman–Crippen MR) is 192 cm³/mol. The number of alkyl carbamates (subject to hydrolysis) is 1. The van der Waals surface area contributed by atoms with E-state index in [4.69, 9.17) is 9.47 Å². The Hall–Kier alpha value is -3.29. The number of hydrogen-bond acceptors (Lipinski definition) is 7. The molecule has 15 heteroatoms. The SMILES string of the molecule is CC(C)c1ccc(C(C)C)c(S(=O)(=O)NC(Cc2ccc(NC(=NC(=O)OC(C)(C)C)NC(=O)OC(C)(C)C)cc2)P(=O)(O)O)c1C(C)C. The molecule has 0 saturated heterocycles. The van der Waals surface area contributed by atoms with Gasteiger partial charge in [-0.25, -0.2) is 18.0 Å². The van der Waals surface area contributed by atoms with Crippen molar-refractivity contribution in [3.05, 3.63) is 58.7 Å². The van der Waals surface area contributed by atoms with Crippen molar-refractivity contribution in [3.63, 3.8) is 0 Å². The summed E-state index contributed by atoms with van der Waals surface area (Å²) in [5.74, 6) is -2.39. The number of rotatable bonds is 10. The standard InChI is InChI=1S/C34H53N4O9PS/c1-20(2)25-17-18-26(21(3)4)29(28(25)22(5)6)49(44,45)38-27(48(41,42)43)19-23-13-15-24(16-14-23)35-30(36-31(39)46-33(7,8)9)37-32(40)47-34(10,11)12/h13-18,20-22,27,38H,19H2,1-12H3,(H2,41,42,43)(H2,35,36,37,39,40). The molecule has 0 saturated carbocycles. The maximum absolute atomic E-state index is 14.1. The van der Waals surface area contributed by atoms with Crippen molar-refractivity contribution in [2.45, 2.75) is 129 Å². The van der Waals surface area contributed by atoms with Crippen molar-refractivity contribution in [1.29, 1.82) is 0 Å². The number of nitrogens with one attached hydrogen (secondary N) is 3. The first-order valence-electron chi connectivity index (χ1n) is 16.1. The quantitative estimate of drug-likeness (QED) is 0.0943. The van der Waals surface area contributed by atoms with Gasteiger partial charge in [0, 0.05) is 12.1 Å². The van der Waals surface area contributed by atoms with Crippen LogP contribution in [0.15, 0.2) is 46.3 Å². The number of carbonyl (C=O) groups excluding carboxylic acids is 2. The van der Waals surface area contributed by atoms with Crippen molar-refractivity contribution >= 4 is 41.5 Å². The molecule has 0 spiro atoms. The maximum atomic E-state index is 14.1. The Morgan fingerprint density at radius 3 is 1.78 bits per heavy atom. The Morgan fingerprint density at radius 1 is 0.816 bits per heavy atom. The van der Waals surface area contributed by atoms with E-state index in [0.29, 0.717) is 22.4 Å². The van der Waals surface area contributed by atoms with E-state index >= 15 is 0 Å². The van der Waals surface area contributed by atoms with Crippen LogP contribution in [-0.4, -0.2) is 53.3 Å². The molecule has 2 rings (SSSR count). The highest BCUT2D eigenvalue weighted by Crippen LogP contribution is 2.43. The van der Waals surface area contributed by atoms with Gasteiger partial charge in [0.25, 0.3) is 0 Å². The van der Waals surface area contributed by atoms with E-state index in [1.807, 2.05) is 47.6 Å². The summed E-state index contributed by atoms with van der Waals surface area (Å²) in [6, 6.07) is 9.78. The number of nitrogens with zero attached hydrogens (tertiary/aromatic N) is 1. The second-order valence-corrected chi connectivity index (χ2v) is 18.2. The van der Waals surface area contributed by atoms with Gasteiger partial charge in [0.15, 0.2) is 0 Å². The zero-order valence-corrected chi connectivity index (χ0v) is 32.2. The molecule has 49 heavy (non-hydrogen) atoms. The van der Waals surface area contributed by atoms with Gasteiger partial charge in [-0.15, -0.1) is 4.99 Å². The minimum absolute atomic E-state index is 0.0197. The van der Waals surface area contributed by atoms with Crippen LogP contribution in [0.4, 0.5) is 15.3 Å².